The summed E-state index contributed by atoms with van der Waals surface area (Å²) < 4.78 is 0. The Balaban J connectivity index is 2.99. The first-order valence-electron chi connectivity index (χ1n) is 4.20. The lowest BCUT2D eigenvalue weighted by Gasteiger charge is -2.01. The van der Waals surface area contributed by atoms with E-state index in [9.17, 15) is 0 Å². The molecular weight excluding hydrogens is 144 g/mol. The van der Waals surface area contributed by atoms with Crippen LogP contribution in [0.4, 0.5) is 0 Å². The second-order valence-corrected chi connectivity index (χ2v) is 2.69. The van der Waals surface area contributed by atoms with Crippen LogP contribution in [0.5, 0.6) is 0 Å². The monoisotopic (exact) mass is 158 g/mol. The molecule has 0 nitrogen and oxygen atoms in total. The number of hydrogen-bond acceptors (Lipinski definition) is 0. The molecule has 0 atom stereocenters. The van der Waals surface area contributed by atoms with Crippen molar-refractivity contribution in [3.05, 3.63) is 54.1 Å². The number of benzene rings is 1. The standard InChI is InChI=1S/C12H14/c1-3-7-11-9-5-6-10-12(11)8-4-2/h3-6,8-10H,1,7H2,2H3. The molecule has 1 rings (SSSR count). The molecule has 0 aliphatic carbocycles. The van der Waals surface area contributed by atoms with Crippen molar-refractivity contribution in [2.24, 2.45) is 0 Å². The maximum absolute atomic E-state index is 3.73. The lowest BCUT2D eigenvalue weighted by Crippen LogP contribution is -1.84. The summed E-state index contributed by atoms with van der Waals surface area (Å²) in [6, 6.07) is 8.38. The highest BCUT2D eigenvalue weighted by Crippen LogP contribution is 2.11. The zero-order valence-corrected chi connectivity index (χ0v) is 7.46. The van der Waals surface area contributed by atoms with Gasteiger partial charge in [0.15, 0.2) is 0 Å². The molecule has 62 valence electrons. The summed E-state index contributed by atoms with van der Waals surface area (Å²) in [5, 5.41) is 0. The van der Waals surface area contributed by atoms with E-state index >= 15 is 0 Å². The van der Waals surface area contributed by atoms with Crippen molar-refractivity contribution in [2.75, 3.05) is 0 Å². The largest absolute Gasteiger partial charge is 0.103 e. The van der Waals surface area contributed by atoms with Crippen LogP contribution >= 0.6 is 0 Å². The zero-order chi connectivity index (χ0) is 8.81. The predicted molar refractivity (Wildman–Crippen MR) is 55.1 cm³/mol. The topological polar surface area (TPSA) is 0 Å². The van der Waals surface area contributed by atoms with Gasteiger partial charge in [-0.05, 0) is 24.5 Å². The molecule has 0 aliphatic rings. The van der Waals surface area contributed by atoms with E-state index < -0.39 is 0 Å². The van der Waals surface area contributed by atoms with Crippen LogP contribution in [0.1, 0.15) is 18.1 Å². The Kier molecular flexibility index (Phi) is 3.34. The molecule has 0 saturated carbocycles. The Morgan fingerprint density at radius 2 is 2.08 bits per heavy atom. The average Bonchev–Trinajstić information content (AvgIpc) is 2.09. The lowest BCUT2D eigenvalue weighted by atomic mass is 10.0. The molecule has 0 heteroatoms. The van der Waals surface area contributed by atoms with E-state index in [-0.39, 0.29) is 0 Å². The highest BCUT2D eigenvalue weighted by atomic mass is 14.0. The number of rotatable bonds is 3. The van der Waals surface area contributed by atoms with Crippen molar-refractivity contribution in [1.82, 2.24) is 0 Å². The Morgan fingerprint density at radius 3 is 2.75 bits per heavy atom. The Bertz CT molecular complexity index is 282. The summed E-state index contributed by atoms with van der Waals surface area (Å²) >= 11 is 0. The Hall–Kier alpha value is -1.30. The molecular formula is C12H14. The normalized spacial score (nSPS) is 10.4. The van der Waals surface area contributed by atoms with Crippen molar-refractivity contribution >= 4 is 6.08 Å². The van der Waals surface area contributed by atoms with Crippen LogP contribution in [-0.4, -0.2) is 0 Å². The van der Waals surface area contributed by atoms with E-state index in [0.29, 0.717) is 0 Å². The fraction of sp³-hybridized carbons (Fsp3) is 0.167. The van der Waals surface area contributed by atoms with E-state index in [1.807, 2.05) is 13.0 Å². The molecule has 0 saturated heterocycles. The fourth-order valence-electron chi connectivity index (χ4n) is 1.22. The van der Waals surface area contributed by atoms with Crippen LogP contribution in [0.3, 0.4) is 0 Å². The van der Waals surface area contributed by atoms with Crippen molar-refractivity contribution < 1.29 is 0 Å². The zero-order valence-electron chi connectivity index (χ0n) is 7.46. The minimum absolute atomic E-state index is 0.945. The molecule has 0 aromatic heterocycles. The maximum atomic E-state index is 3.73. The third kappa shape index (κ3) is 2.09. The highest BCUT2D eigenvalue weighted by Gasteiger charge is 1.93. The number of allylic oxidation sites excluding steroid dienone is 2. The molecule has 0 spiro atoms. The molecule has 12 heavy (non-hydrogen) atoms. The molecule has 0 aliphatic heterocycles. The molecule has 0 radical (unpaired) electrons. The van der Waals surface area contributed by atoms with Gasteiger partial charge in [-0.25, -0.2) is 0 Å². The molecule has 0 heterocycles. The van der Waals surface area contributed by atoms with E-state index in [1.165, 1.54) is 11.1 Å². The first-order chi connectivity index (χ1) is 5.88. The fourth-order valence-corrected chi connectivity index (χ4v) is 1.22. The second-order valence-electron chi connectivity index (χ2n) is 2.69. The number of hydrogen-bond donors (Lipinski definition) is 0. The smallest absolute Gasteiger partial charge is 0.00942 e. The van der Waals surface area contributed by atoms with Crippen molar-refractivity contribution in [1.29, 1.82) is 0 Å². The summed E-state index contributed by atoms with van der Waals surface area (Å²) in [6.07, 6.45) is 7.06. The molecule has 0 amide bonds. The van der Waals surface area contributed by atoms with Crippen LogP contribution in [-0.2, 0) is 6.42 Å². The van der Waals surface area contributed by atoms with E-state index in [4.69, 9.17) is 0 Å². The van der Waals surface area contributed by atoms with Gasteiger partial charge in [-0.2, -0.15) is 0 Å². The molecule has 0 bridgehead atoms. The van der Waals surface area contributed by atoms with Gasteiger partial charge in [0.1, 0.15) is 0 Å². The molecule has 1 aromatic rings. The summed E-state index contributed by atoms with van der Waals surface area (Å²) in [7, 11) is 0. The summed E-state index contributed by atoms with van der Waals surface area (Å²) in [6.45, 7) is 5.77. The summed E-state index contributed by atoms with van der Waals surface area (Å²) in [5.74, 6) is 0. The van der Waals surface area contributed by atoms with Crippen molar-refractivity contribution in [2.45, 2.75) is 13.3 Å². The van der Waals surface area contributed by atoms with Gasteiger partial charge in [-0.3, -0.25) is 0 Å². The average molecular weight is 158 g/mol. The van der Waals surface area contributed by atoms with E-state index in [1.54, 1.807) is 0 Å². The molecule has 1 aromatic carbocycles. The first kappa shape index (κ1) is 8.79. The SMILES string of the molecule is C=CCc1ccccc1C=CC. The highest BCUT2D eigenvalue weighted by molar-refractivity contribution is 5.53. The van der Waals surface area contributed by atoms with Gasteiger partial charge in [0.25, 0.3) is 0 Å². The van der Waals surface area contributed by atoms with Crippen LogP contribution in [0.25, 0.3) is 6.08 Å². The third-order valence-corrected chi connectivity index (χ3v) is 1.77. The van der Waals surface area contributed by atoms with Crippen LogP contribution in [0.15, 0.2) is 43.0 Å². The van der Waals surface area contributed by atoms with E-state index in [2.05, 4.69) is 43.0 Å². The Labute approximate surface area is 74.2 Å². The van der Waals surface area contributed by atoms with Gasteiger partial charge in [0.05, 0.1) is 0 Å². The van der Waals surface area contributed by atoms with Gasteiger partial charge in [0.2, 0.25) is 0 Å². The van der Waals surface area contributed by atoms with Gasteiger partial charge < -0.3 is 0 Å². The van der Waals surface area contributed by atoms with Gasteiger partial charge in [-0.1, -0.05) is 42.5 Å². The van der Waals surface area contributed by atoms with Gasteiger partial charge >= 0.3 is 0 Å². The lowest BCUT2D eigenvalue weighted by molar-refractivity contribution is 1.26. The Morgan fingerprint density at radius 1 is 1.33 bits per heavy atom. The maximum Gasteiger partial charge on any atom is -0.00942 e. The van der Waals surface area contributed by atoms with Crippen LogP contribution < -0.4 is 0 Å². The minimum atomic E-state index is 0.945. The molecule has 0 N–H and O–H groups in total. The quantitative estimate of drug-likeness (QED) is 0.591. The summed E-state index contributed by atoms with van der Waals surface area (Å²) in [4.78, 5) is 0. The predicted octanol–water partition coefficient (Wildman–Crippen LogP) is 3.45. The van der Waals surface area contributed by atoms with Crippen LogP contribution in [0, 0.1) is 0 Å². The summed E-state index contributed by atoms with van der Waals surface area (Å²) in [5.41, 5.74) is 2.63. The molecule has 0 fully saturated rings. The minimum Gasteiger partial charge on any atom is -0.103 e. The van der Waals surface area contributed by atoms with Crippen LogP contribution in [0.2, 0.25) is 0 Å². The van der Waals surface area contributed by atoms with Crippen molar-refractivity contribution in [3.8, 4) is 0 Å². The molecule has 0 unspecified atom stereocenters. The van der Waals surface area contributed by atoms with Gasteiger partial charge in [-0.15, -0.1) is 6.58 Å². The van der Waals surface area contributed by atoms with Gasteiger partial charge in [0, 0.05) is 0 Å². The second kappa shape index (κ2) is 4.55. The van der Waals surface area contributed by atoms with E-state index in [0.717, 1.165) is 6.42 Å². The first-order valence-corrected chi connectivity index (χ1v) is 4.20. The van der Waals surface area contributed by atoms with Crippen molar-refractivity contribution in [3.63, 3.8) is 0 Å². The third-order valence-electron chi connectivity index (χ3n) is 1.77.